The summed E-state index contributed by atoms with van der Waals surface area (Å²) in [5.74, 6) is -1.01. The summed E-state index contributed by atoms with van der Waals surface area (Å²) in [5.41, 5.74) is 3.07. The SMILES string of the molecule is COc1ccccc1N1C[C@@H](C(=O)OCC(=O)c2ccc(C)cc2C)CC1=O. The molecule has 0 N–H and O–H groups in total. The molecule has 0 unspecified atom stereocenters. The lowest BCUT2D eigenvalue weighted by Crippen LogP contribution is -2.27. The maximum atomic E-state index is 12.4. The number of anilines is 1. The number of ketones is 1. The molecule has 0 spiro atoms. The maximum Gasteiger partial charge on any atom is 0.311 e. The van der Waals surface area contributed by atoms with Crippen LogP contribution in [0.15, 0.2) is 42.5 Å². The lowest BCUT2D eigenvalue weighted by atomic mass is 10.0. The standard InChI is InChI=1S/C22H23NO5/c1-14-8-9-17(15(2)10-14)19(24)13-28-22(26)16-11-21(25)23(12-16)18-6-4-5-7-20(18)27-3/h4-10,16H,11-13H2,1-3H3/t16-/m0/s1. The van der Waals surface area contributed by atoms with Gasteiger partial charge >= 0.3 is 5.97 Å². The van der Waals surface area contributed by atoms with E-state index in [1.54, 1.807) is 24.3 Å². The summed E-state index contributed by atoms with van der Waals surface area (Å²) >= 11 is 0. The first kappa shape index (κ1) is 19.6. The van der Waals surface area contributed by atoms with Crippen molar-refractivity contribution in [2.45, 2.75) is 20.3 Å². The molecule has 0 radical (unpaired) electrons. The molecule has 6 nitrogen and oxygen atoms in total. The molecule has 28 heavy (non-hydrogen) atoms. The molecule has 1 saturated heterocycles. The molecule has 0 aliphatic carbocycles. The predicted octanol–water partition coefficient (Wildman–Crippen LogP) is 3.09. The van der Waals surface area contributed by atoms with Gasteiger partial charge in [-0.1, -0.05) is 35.9 Å². The summed E-state index contributed by atoms with van der Waals surface area (Å²) in [6, 6.07) is 12.7. The van der Waals surface area contributed by atoms with Crippen molar-refractivity contribution < 1.29 is 23.9 Å². The average molecular weight is 381 g/mol. The summed E-state index contributed by atoms with van der Waals surface area (Å²) in [6.45, 7) is 3.67. The molecule has 2 aromatic carbocycles. The molecule has 0 bridgehead atoms. The minimum absolute atomic E-state index is 0.0502. The van der Waals surface area contributed by atoms with E-state index in [0.717, 1.165) is 11.1 Å². The molecule has 1 amide bonds. The number of Topliss-reactive ketones (excluding diaryl/α,β-unsaturated/α-hetero) is 1. The van der Waals surface area contributed by atoms with Gasteiger partial charge in [0.05, 0.1) is 18.7 Å². The second-order valence-corrected chi connectivity index (χ2v) is 6.93. The van der Waals surface area contributed by atoms with Crippen LogP contribution in [0.3, 0.4) is 0 Å². The average Bonchev–Trinajstić information content (AvgIpc) is 3.07. The van der Waals surface area contributed by atoms with E-state index < -0.39 is 11.9 Å². The van der Waals surface area contributed by atoms with E-state index in [2.05, 4.69) is 0 Å². The number of methoxy groups -OCH3 is 1. The summed E-state index contributed by atoms with van der Waals surface area (Å²) in [4.78, 5) is 38.7. The second-order valence-electron chi connectivity index (χ2n) is 6.93. The van der Waals surface area contributed by atoms with Crippen LogP contribution in [0.4, 0.5) is 5.69 Å². The van der Waals surface area contributed by atoms with Crippen molar-refractivity contribution >= 4 is 23.3 Å². The normalized spacial score (nSPS) is 16.2. The third kappa shape index (κ3) is 4.06. The van der Waals surface area contributed by atoms with Gasteiger partial charge in [0, 0.05) is 18.5 Å². The Balaban J connectivity index is 1.62. The Hall–Kier alpha value is -3.15. The highest BCUT2D eigenvalue weighted by Gasteiger charge is 2.37. The molecule has 6 heteroatoms. The molecule has 0 saturated carbocycles. The number of hydrogen-bond acceptors (Lipinski definition) is 5. The van der Waals surface area contributed by atoms with Crippen LogP contribution in [0.2, 0.25) is 0 Å². The van der Waals surface area contributed by atoms with Gasteiger partial charge in [-0.05, 0) is 31.5 Å². The highest BCUT2D eigenvalue weighted by molar-refractivity contribution is 6.02. The molecule has 1 atom stereocenters. The van der Waals surface area contributed by atoms with Gasteiger partial charge in [0.15, 0.2) is 6.61 Å². The molecule has 3 rings (SSSR count). The van der Waals surface area contributed by atoms with Crippen LogP contribution in [-0.4, -0.2) is 37.9 Å². The fourth-order valence-electron chi connectivity index (χ4n) is 3.41. The highest BCUT2D eigenvalue weighted by Crippen LogP contribution is 2.33. The quantitative estimate of drug-likeness (QED) is 0.568. The maximum absolute atomic E-state index is 12.4. The number of rotatable bonds is 6. The third-order valence-corrected chi connectivity index (χ3v) is 4.86. The lowest BCUT2D eigenvalue weighted by molar-refractivity contribution is -0.147. The minimum atomic E-state index is -0.607. The van der Waals surface area contributed by atoms with Crippen molar-refractivity contribution in [3.8, 4) is 5.75 Å². The van der Waals surface area contributed by atoms with Gasteiger partial charge < -0.3 is 14.4 Å². The van der Waals surface area contributed by atoms with Crippen molar-refractivity contribution in [2.75, 3.05) is 25.2 Å². The first-order valence-corrected chi connectivity index (χ1v) is 9.11. The summed E-state index contributed by atoms with van der Waals surface area (Å²) in [7, 11) is 1.53. The topological polar surface area (TPSA) is 72.9 Å². The number of benzene rings is 2. The van der Waals surface area contributed by atoms with Gasteiger partial charge in [-0.3, -0.25) is 14.4 Å². The monoisotopic (exact) mass is 381 g/mol. The largest absolute Gasteiger partial charge is 0.495 e. The van der Waals surface area contributed by atoms with E-state index in [-0.39, 0.29) is 31.3 Å². The van der Waals surface area contributed by atoms with E-state index in [0.29, 0.717) is 17.0 Å². The first-order valence-electron chi connectivity index (χ1n) is 9.11. The van der Waals surface area contributed by atoms with Crippen LogP contribution in [-0.2, 0) is 14.3 Å². The van der Waals surface area contributed by atoms with Crippen molar-refractivity contribution in [3.63, 3.8) is 0 Å². The molecule has 1 heterocycles. The highest BCUT2D eigenvalue weighted by atomic mass is 16.5. The molecular formula is C22H23NO5. The van der Waals surface area contributed by atoms with E-state index in [9.17, 15) is 14.4 Å². The zero-order chi connectivity index (χ0) is 20.3. The van der Waals surface area contributed by atoms with Crippen LogP contribution in [0.25, 0.3) is 0 Å². The number of nitrogens with zero attached hydrogens (tertiary/aromatic N) is 1. The summed E-state index contributed by atoms with van der Waals surface area (Å²) < 4.78 is 10.5. The lowest BCUT2D eigenvalue weighted by Gasteiger charge is -2.19. The van der Waals surface area contributed by atoms with Crippen LogP contribution < -0.4 is 9.64 Å². The van der Waals surface area contributed by atoms with Gasteiger partial charge in [-0.2, -0.15) is 0 Å². The summed E-state index contributed by atoms with van der Waals surface area (Å²) in [6.07, 6.45) is 0.0502. The molecule has 1 aliphatic heterocycles. The Kier molecular flexibility index (Phi) is 5.78. The fraction of sp³-hybridized carbons (Fsp3) is 0.318. The number of aryl methyl sites for hydroxylation is 2. The van der Waals surface area contributed by atoms with Gasteiger partial charge in [-0.25, -0.2) is 0 Å². The van der Waals surface area contributed by atoms with Crippen LogP contribution in [0.5, 0.6) is 5.75 Å². The van der Waals surface area contributed by atoms with Crippen LogP contribution >= 0.6 is 0 Å². The second kappa shape index (κ2) is 8.25. The fourth-order valence-corrected chi connectivity index (χ4v) is 3.41. The number of amides is 1. The van der Waals surface area contributed by atoms with Crippen LogP contribution in [0, 0.1) is 19.8 Å². The van der Waals surface area contributed by atoms with Gasteiger partial charge in [0.2, 0.25) is 11.7 Å². The Labute approximate surface area is 164 Å². The predicted molar refractivity (Wildman–Crippen MR) is 105 cm³/mol. The van der Waals surface area contributed by atoms with Crippen LogP contribution in [0.1, 0.15) is 27.9 Å². The van der Waals surface area contributed by atoms with Gasteiger partial charge in [0.1, 0.15) is 5.75 Å². The molecule has 146 valence electrons. The molecule has 2 aromatic rings. The number of carbonyl (C=O) groups is 3. The van der Waals surface area contributed by atoms with E-state index in [1.807, 2.05) is 32.0 Å². The molecular weight excluding hydrogens is 358 g/mol. The molecule has 1 fully saturated rings. The first-order chi connectivity index (χ1) is 13.4. The Morgan fingerprint density at radius 2 is 1.89 bits per heavy atom. The molecule has 1 aliphatic rings. The molecule has 0 aromatic heterocycles. The van der Waals surface area contributed by atoms with Crippen molar-refractivity contribution in [1.29, 1.82) is 0 Å². The van der Waals surface area contributed by atoms with Crippen molar-refractivity contribution in [1.82, 2.24) is 0 Å². The Morgan fingerprint density at radius 3 is 2.61 bits per heavy atom. The Bertz CT molecular complexity index is 921. The smallest absolute Gasteiger partial charge is 0.311 e. The van der Waals surface area contributed by atoms with E-state index in [4.69, 9.17) is 9.47 Å². The minimum Gasteiger partial charge on any atom is -0.495 e. The summed E-state index contributed by atoms with van der Waals surface area (Å²) in [5, 5.41) is 0. The number of hydrogen-bond donors (Lipinski definition) is 0. The van der Waals surface area contributed by atoms with Crippen molar-refractivity contribution in [2.24, 2.45) is 5.92 Å². The Morgan fingerprint density at radius 1 is 1.14 bits per heavy atom. The van der Waals surface area contributed by atoms with Gasteiger partial charge in [0.25, 0.3) is 0 Å². The van der Waals surface area contributed by atoms with E-state index in [1.165, 1.54) is 12.0 Å². The number of esters is 1. The van der Waals surface area contributed by atoms with Gasteiger partial charge in [-0.15, -0.1) is 0 Å². The zero-order valence-electron chi connectivity index (χ0n) is 16.2. The third-order valence-electron chi connectivity index (χ3n) is 4.86. The van der Waals surface area contributed by atoms with E-state index >= 15 is 0 Å². The number of para-hydroxylation sites is 2. The zero-order valence-corrected chi connectivity index (χ0v) is 16.2. The number of carbonyl (C=O) groups excluding carboxylic acids is 3. The van der Waals surface area contributed by atoms with Crippen molar-refractivity contribution in [3.05, 3.63) is 59.2 Å². The number of ether oxygens (including phenoxy) is 2.